The predicted octanol–water partition coefficient (Wildman–Crippen LogP) is 5.55. The molecule has 0 aliphatic carbocycles. The van der Waals surface area contributed by atoms with Crippen LogP contribution in [0.2, 0.25) is 5.02 Å². The minimum atomic E-state index is -0.0761. The molecule has 2 heterocycles. The van der Waals surface area contributed by atoms with Gasteiger partial charge in [0.25, 0.3) is 0 Å². The lowest BCUT2D eigenvalue weighted by Gasteiger charge is -2.25. The fraction of sp³-hybridized carbons (Fsp3) is 0.154. The Morgan fingerprint density at radius 3 is 2.58 bits per heavy atom. The molecule has 1 aromatic heterocycles. The molecule has 0 bridgehead atoms. The molecular weight excluding hydrogens is 450 g/mol. The van der Waals surface area contributed by atoms with E-state index in [9.17, 15) is 0 Å². The zero-order valence-electron chi connectivity index (χ0n) is 17.9. The fourth-order valence-electron chi connectivity index (χ4n) is 4.08. The van der Waals surface area contributed by atoms with Crippen molar-refractivity contribution in [2.75, 3.05) is 6.54 Å². The Labute approximate surface area is 203 Å². The van der Waals surface area contributed by atoms with Crippen molar-refractivity contribution in [2.24, 2.45) is 5.10 Å². The van der Waals surface area contributed by atoms with E-state index in [2.05, 4.69) is 33.5 Å². The molecule has 4 aromatic rings. The summed E-state index contributed by atoms with van der Waals surface area (Å²) in [5.74, 6) is 0. The van der Waals surface area contributed by atoms with E-state index in [4.69, 9.17) is 28.9 Å². The molecule has 1 atom stereocenters. The SMILES string of the molecule is S=C(NCCc1ccccc1)N1N=C(c2ccc(Cl)cc2)C[C@H]1c1cccc2nccnc12. The molecule has 1 N–H and O–H groups in total. The van der Waals surface area contributed by atoms with E-state index >= 15 is 0 Å². The third-order valence-electron chi connectivity index (χ3n) is 5.72. The van der Waals surface area contributed by atoms with E-state index in [-0.39, 0.29) is 6.04 Å². The summed E-state index contributed by atoms with van der Waals surface area (Å²) in [6, 6.07) is 24.1. The van der Waals surface area contributed by atoms with Gasteiger partial charge in [-0.2, -0.15) is 5.10 Å². The molecule has 0 saturated heterocycles. The van der Waals surface area contributed by atoms with Crippen LogP contribution < -0.4 is 5.32 Å². The van der Waals surface area contributed by atoms with Crippen LogP contribution in [0.15, 0.2) is 90.3 Å². The van der Waals surface area contributed by atoms with Crippen LogP contribution >= 0.6 is 23.8 Å². The van der Waals surface area contributed by atoms with Gasteiger partial charge in [-0.1, -0.05) is 66.2 Å². The molecule has 164 valence electrons. The van der Waals surface area contributed by atoms with E-state index in [0.29, 0.717) is 16.6 Å². The van der Waals surface area contributed by atoms with Gasteiger partial charge in [-0.25, -0.2) is 5.01 Å². The van der Waals surface area contributed by atoms with Crippen LogP contribution in [0, 0.1) is 0 Å². The Morgan fingerprint density at radius 1 is 0.970 bits per heavy atom. The Kier molecular flexibility index (Phi) is 6.28. The van der Waals surface area contributed by atoms with Crippen molar-refractivity contribution in [1.82, 2.24) is 20.3 Å². The molecule has 3 aromatic carbocycles. The van der Waals surface area contributed by atoms with Crippen molar-refractivity contribution in [3.63, 3.8) is 0 Å². The van der Waals surface area contributed by atoms with Gasteiger partial charge >= 0.3 is 0 Å². The zero-order chi connectivity index (χ0) is 22.6. The minimum Gasteiger partial charge on any atom is -0.361 e. The van der Waals surface area contributed by atoms with Gasteiger partial charge in [-0.15, -0.1) is 0 Å². The van der Waals surface area contributed by atoms with Gasteiger partial charge in [0.1, 0.15) is 0 Å². The van der Waals surface area contributed by atoms with Crippen molar-refractivity contribution in [1.29, 1.82) is 0 Å². The predicted molar refractivity (Wildman–Crippen MR) is 137 cm³/mol. The number of aromatic nitrogens is 2. The second kappa shape index (κ2) is 9.65. The Balaban J connectivity index is 1.43. The highest BCUT2D eigenvalue weighted by Gasteiger charge is 2.32. The fourth-order valence-corrected chi connectivity index (χ4v) is 4.48. The first-order chi connectivity index (χ1) is 16.2. The number of halogens is 1. The maximum Gasteiger partial charge on any atom is 0.190 e. The van der Waals surface area contributed by atoms with E-state index in [1.165, 1.54) is 5.56 Å². The van der Waals surface area contributed by atoms with Crippen LogP contribution in [-0.2, 0) is 6.42 Å². The molecule has 0 amide bonds. The zero-order valence-corrected chi connectivity index (χ0v) is 19.4. The first kappa shape index (κ1) is 21.5. The molecule has 33 heavy (non-hydrogen) atoms. The topological polar surface area (TPSA) is 53.4 Å². The number of rotatable bonds is 5. The van der Waals surface area contributed by atoms with Crippen molar-refractivity contribution < 1.29 is 0 Å². The van der Waals surface area contributed by atoms with Crippen molar-refractivity contribution >= 4 is 45.7 Å². The average molecular weight is 472 g/mol. The van der Waals surface area contributed by atoms with Gasteiger partial charge < -0.3 is 5.32 Å². The molecular formula is C26H22ClN5S. The molecule has 5 rings (SSSR count). The molecule has 1 aliphatic rings. The summed E-state index contributed by atoms with van der Waals surface area (Å²) >= 11 is 11.9. The summed E-state index contributed by atoms with van der Waals surface area (Å²) in [6.07, 6.45) is 5.03. The van der Waals surface area contributed by atoms with Crippen LogP contribution in [0.5, 0.6) is 0 Å². The highest BCUT2D eigenvalue weighted by Crippen LogP contribution is 2.35. The summed E-state index contributed by atoms with van der Waals surface area (Å²) < 4.78 is 0. The number of hydrogen-bond acceptors (Lipinski definition) is 4. The third-order valence-corrected chi connectivity index (χ3v) is 6.30. The first-order valence-corrected chi connectivity index (χ1v) is 11.6. The van der Waals surface area contributed by atoms with Gasteiger partial charge in [0.2, 0.25) is 0 Å². The van der Waals surface area contributed by atoms with Gasteiger partial charge in [0.05, 0.1) is 22.8 Å². The number of nitrogens with zero attached hydrogens (tertiary/aromatic N) is 4. The van der Waals surface area contributed by atoms with E-state index in [0.717, 1.165) is 40.8 Å². The lowest BCUT2D eigenvalue weighted by Crippen LogP contribution is -2.37. The summed E-state index contributed by atoms with van der Waals surface area (Å²) in [7, 11) is 0. The van der Waals surface area contributed by atoms with Gasteiger partial charge in [0, 0.05) is 35.9 Å². The van der Waals surface area contributed by atoms with Crippen molar-refractivity contribution in [2.45, 2.75) is 18.9 Å². The molecule has 0 spiro atoms. The van der Waals surface area contributed by atoms with Crippen LogP contribution in [0.1, 0.15) is 29.2 Å². The average Bonchev–Trinajstić information content (AvgIpc) is 3.30. The number of para-hydroxylation sites is 1. The Hall–Kier alpha value is -3.35. The van der Waals surface area contributed by atoms with Crippen LogP contribution in [0.25, 0.3) is 11.0 Å². The molecule has 5 nitrogen and oxygen atoms in total. The smallest absolute Gasteiger partial charge is 0.190 e. The minimum absolute atomic E-state index is 0.0761. The molecule has 0 radical (unpaired) electrons. The van der Waals surface area contributed by atoms with Crippen LogP contribution in [0.3, 0.4) is 0 Å². The lowest BCUT2D eigenvalue weighted by atomic mass is 9.97. The first-order valence-electron chi connectivity index (χ1n) is 10.8. The molecule has 0 unspecified atom stereocenters. The Bertz CT molecular complexity index is 1300. The van der Waals surface area contributed by atoms with Crippen molar-refractivity contribution in [3.05, 3.63) is 107 Å². The van der Waals surface area contributed by atoms with Gasteiger partial charge in [-0.05, 0) is 48.0 Å². The van der Waals surface area contributed by atoms with Crippen LogP contribution in [-0.4, -0.2) is 32.3 Å². The number of nitrogens with one attached hydrogen (secondary N) is 1. The highest BCUT2D eigenvalue weighted by atomic mass is 35.5. The normalized spacial score (nSPS) is 15.5. The van der Waals surface area contributed by atoms with Gasteiger partial charge in [-0.3, -0.25) is 9.97 Å². The maximum atomic E-state index is 6.10. The molecule has 1 aliphatic heterocycles. The van der Waals surface area contributed by atoms with E-state index in [1.54, 1.807) is 12.4 Å². The quantitative estimate of drug-likeness (QED) is 0.387. The second-order valence-electron chi connectivity index (χ2n) is 7.86. The number of fused-ring (bicyclic) bond motifs is 1. The van der Waals surface area contributed by atoms with Crippen LogP contribution in [0.4, 0.5) is 0 Å². The molecule has 7 heteroatoms. The maximum absolute atomic E-state index is 6.10. The highest BCUT2D eigenvalue weighted by molar-refractivity contribution is 7.80. The second-order valence-corrected chi connectivity index (χ2v) is 8.68. The summed E-state index contributed by atoms with van der Waals surface area (Å²) in [6.45, 7) is 0.729. The number of hydrazone groups is 1. The van der Waals surface area contributed by atoms with Crippen molar-refractivity contribution in [3.8, 4) is 0 Å². The summed E-state index contributed by atoms with van der Waals surface area (Å²) in [5, 5.41) is 11.5. The summed E-state index contributed by atoms with van der Waals surface area (Å²) in [5.41, 5.74) is 6.04. The largest absolute Gasteiger partial charge is 0.361 e. The monoisotopic (exact) mass is 471 g/mol. The lowest BCUT2D eigenvalue weighted by molar-refractivity contribution is 0.366. The Morgan fingerprint density at radius 2 is 1.76 bits per heavy atom. The standard InChI is InChI=1S/C26H22ClN5S/c27-20-11-9-19(10-12-20)23-17-24(21-7-4-8-22-25(21)29-16-15-28-22)32(31-23)26(33)30-14-13-18-5-2-1-3-6-18/h1-12,15-16,24H,13-14,17H2,(H,30,33)/t24-/m0/s1. The van der Waals surface area contributed by atoms with Gasteiger partial charge in [0.15, 0.2) is 5.11 Å². The van der Waals surface area contributed by atoms with E-state index in [1.807, 2.05) is 59.6 Å². The number of thiocarbonyl (C=S) groups is 1. The third kappa shape index (κ3) is 4.72. The number of hydrogen-bond donors (Lipinski definition) is 1. The molecule has 0 fully saturated rings. The number of benzene rings is 3. The molecule has 0 saturated carbocycles. The van der Waals surface area contributed by atoms with E-state index < -0.39 is 0 Å². The summed E-state index contributed by atoms with van der Waals surface area (Å²) in [4.78, 5) is 9.08.